The molecule has 108 valence electrons. The van der Waals surface area contributed by atoms with E-state index >= 15 is 0 Å². The Morgan fingerprint density at radius 3 is 2.80 bits per heavy atom. The first kappa shape index (κ1) is 14.7. The number of ether oxygens (including phenoxy) is 1. The van der Waals surface area contributed by atoms with E-state index in [-0.39, 0.29) is 17.8 Å². The third-order valence-corrected chi connectivity index (χ3v) is 3.43. The van der Waals surface area contributed by atoms with E-state index in [0.717, 1.165) is 25.0 Å². The highest BCUT2D eigenvalue weighted by atomic mass is 19.1. The molecule has 0 bridgehead atoms. The Bertz CT molecular complexity index is 464. The van der Waals surface area contributed by atoms with Crippen LogP contribution < -0.4 is 0 Å². The van der Waals surface area contributed by atoms with E-state index in [9.17, 15) is 9.18 Å². The lowest BCUT2D eigenvalue weighted by Gasteiger charge is -2.22. The highest BCUT2D eigenvalue weighted by Gasteiger charge is 2.20. The molecule has 3 nitrogen and oxygen atoms in total. The van der Waals surface area contributed by atoms with Gasteiger partial charge in [-0.1, -0.05) is 12.1 Å². The second-order valence-electron chi connectivity index (χ2n) is 4.90. The molecule has 0 aliphatic carbocycles. The van der Waals surface area contributed by atoms with Crippen LogP contribution in [0.15, 0.2) is 30.3 Å². The monoisotopic (exact) mass is 277 g/mol. The van der Waals surface area contributed by atoms with Gasteiger partial charge in [-0.2, -0.15) is 0 Å². The Hall–Kier alpha value is -1.68. The average molecular weight is 277 g/mol. The van der Waals surface area contributed by atoms with Crippen molar-refractivity contribution in [2.24, 2.45) is 0 Å². The Morgan fingerprint density at radius 2 is 2.20 bits per heavy atom. The molecule has 1 aliphatic heterocycles. The van der Waals surface area contributed by atoms with Crippen LogP contribution in [0.25, 0.3) is 6.08 Å². The Kier molecular flexibility index (Phi) is 5.30. The summed E-state index contributed by atoms with van der Waals surface area (Å²) in [6.45, 7) is 4.05. The van der Waals surface area contributed by atoms with Gasteiger partial charge in [0, 0.05) is 25.8 Å². The molecule has 0 N–H and O–H groups in total. The SMILES string of the molecule is CCN(CC1CCCO1)C(=O)C=Cc1ccc(F)cc1. The minimum atomic E-state index is -0.276. The van der Waals surface area contributed by atoms with Gasteiger partial charge in [0.25, 0.3) is 0 Å². The molecule has 4 heteroatoms. The minimum Gasteiger partial charge on any atom is -0.376 e. The number of carbonyl (C=O) groups is 1. The van der Waals surface area contributed by atoms with Gasteiger partial charge in [-0.3, -0.25) is 4.79 Å². The maximum absolute atomic E-state index is 12.8. The van der Waals surface area contributed by atoms with Crippen molar-refractivity contribution in [2.45, 2.75) is 25.9 Å². The number of amides is 1. The molecule has 2 rings (SSSR count). The van der Waals surface area contributed by atoms with Gasteiger partial charge in [-0.05, 0) is 43.5 Å². The summed E-state index contributed by atoms with van der Waals surface area (Å²) in [5.41, 5.74) is 0.813. The van der Waals surface area contributed by atoms with Gasteiger partial charge in [-0.15, -0.1) is 0 Å². The summed E-state index contributed by atoms with van der Waals surface area (Å²) < 4.78 is 18.3. The van der Waals surface area contributed by atoms with Gasteiger partial charge in [0.05, 0.1) is 6.10 Å². The topological polar surface area (TPSA) is 29.5 Å². The number of hydrogen-bond acceptors (Lipinski definition) is 2. The van der Waals surface area contributed by atoms with Crippen molar-refractivity contribution in [3.63, 3.8) is 0 Å². The second kappa shape index (κ2) is 7.20. The van der Waals surface area contributed by atoms with Crippen LogP contribution in [0.1, 0.15) is 25.3 Å². The van der Waals surface area contributed by atoms with Crippen molar-refractivity contribution in [3.8, 4) is 0 Å². The van der Waals surface area contributed by atoms with Crippen LogP contribution in [0.5, 0.6) is 0 Å². The number of halogens is 1. The van der Waals surface area contributed by atoms with E-state index in [0.29, 0.717) is 13.1 Å². The van der Waals surface area contributed by atoms with Gasteiger partial charge in [0.15, 0.2) is 0 Å². The number of nitrogens with zero attached hydrogens (tertiary/aromatic N) is 1. The van der Waals surface area contributed by atoms with Crippen LogP contribution in [0.3, 0.4) is 0 Å². The normalized spacial score (nSPS) is 18.6. The van der Waals surface area contributed by atoms with Gasteiger partial charge in [-0.25, -0.2) is 4.39 Å². The van der Waals surface area contributed by atoms with Gasteiger partial charge in [0.1, 0.15) is 5.82 Å². The van der Waals surface area contributed by atoms with Crippen LogP contribution in [0.2, 0.25) is 0 Å². The van der Waals surface area contributed by atoms with Crippen LogP contribution >= 0.6 is 0 Å². The molecule has 1 aliphatic rings. The van der Waals surface area contributed by atoms with E-state index in [2.05, 4.69) is 0 Å². The molecule has 1 amide bonds. The molecule has 1 aromatic rings. The summed E-state index contributed by atoms with van der Waals surface area (Å²) in [6.07, 6.45) is 5.50. The lowest BCUT2D eigenvalue weighted by atomic mass is 10.2. The zero-order chi connectivity index (χ0) is 14.4. The van der Waals surface area contributed by atoms with Crippen molar-refractivity contribution >= 4 is 12.0 Å². The minimum absolute atomic E-state index is 0.0349. The van der Waals surface area contributed by atoms with Crippen molar-refractivity contribution in [1.82, 2.24) is 4.90 Å². The lowest BCUT2D eigenvalue weighted by Crippen LogP contribution is -2.36. The zero-order valence-corrected chi connectivity index (χ0v) is 11.7. The summed E-state index contributed by atoms with van der Waals surface area (Å²) >= 11 is 0. The fourth-order valence-electron chi connectivity index (χ4n) is 2.26. The molecular formula is C16H20FNO2. The number of likely N-dealkylation sites (N-methyl/N-ethyl adjacent to an activating group) is 1. The molecule has 1 fully saturated rings. The summed E-state index contributed by atoms with van der Waals surface area (Å²) in [6, 6.07) is 6.06. The molecular weight excluding hydrogens is 257 g/mol. The Morgan fingerprint density at radius 1 is 1.45 bits per heavy atom. The molecule has 1 heterocycles. The van der Waals surface area contributed by atoms with E-state index in [1.54, 1.807) is 23.1 Å². The Balaban J connectivity index is 1.92. The van der Waals surface area contributed by atoms with Crippen molar-refractivity contribution in [2.75, 3.05) is 19.7 Å². The first-order valence-corrected chi connectivity index (χ1v) is 7.03. The van der Waals surface area contributed by atoms with Crippen LogP contribution in [0, 0.1) is 5.82 Å². The Labute approximate surface area is 119 Å². The predicted octanol–water partition coefficient (Wildman–Crippen LogP) is 2.87. The third-order valence-electron chi connectivity index (χ3n) is 3.43. The second-order valence-corrected chi connectivity index (χ2v) is 4.90. The first-order valence-electron chi connectivity index (χ1n) is 7.03. The third kappa shape index (κ3) is 4.17. The van der Waals surface area contributed by atoms with E-state index in [1.165, 1.54) is 18.2 Å². The maximum atomic E-state index is 12.8. The van der Waals surface area contributed by atoms with Gasteiger partial charge >= 0.3 is 0 Å². The fraction of sp³-hybridized carbons (Fsp3) is 0.438. The van der Waals surface area contributed by atoms with E-state index in [4.69, 9.17) is 4.74 Å². The molecule has 0 radical (unpaired) electrons. The number of benzene rings is 1. The summed E-state index contributed by atoms with van der Waals surface area (Å²) in [4.78, 5) is 13.9. The highest BCUT2D eigenvalue weighted by molar-refractivity contribution is 5.91. The number of carbonyl (C=O) groups excluding carboxylic acids is 1. The number of rotatable bonds is 5. The van der Waals surface area contributed by atoms with E-state index in [1.807, 2.05) is 6.92 Å². The van der Waals surface area contributed by atoms with Crippen molar-refractivity contribution in [3.05, 3.63) is 41.7 Å². The maximum Gasteiger partial charge on any atom is 0.246 e. The van der Waals surface area contributed by atoms with Crippen molar-refractivity contribution in [1.29, 1.82) is 0 Å². The van der Waals surface area contributed by atoms with Gasteiger partial charge < -0.3 is 9.64 Å². The molecule has 1 atom stereocenters. The molecule has 1 saturated heterocycles. The zero-order valence-electron chi connectivity index (χ0n) is 11.7. The molecule has 0 spiro atoms. The average Bonchev–Trinajstić information content (AvgIpc) is 2.97. The van der Waals surface area contributed by atoms with Crippen LogP contribution in [0.4, 0.5) is 4.39 Å². The summed E-state index contributed by atoms with van der Waals surface area (Å²) in [5, 5.41) is 0. The lowest BCUT2D eigenvalue weighted by molar-refractivity contribution is -0.127. The standard InChI is InChI=1S/C16H20FNO2/c1-2-18(12-15-4-3-11-20-15)16(19)10-7-13-5-8-14(17)9-6-13/h5-10,15H,2-4,11-12H2,1H3. The van der Waals surface area contributed by atoms with Crippen LogP contribution in [-0.2, 0) is 9.53 Å². The predicted molar refractivity (Wildman–Crippen MR) is 76.7 cm³/mol. The van der Waals surface area contributed by atoms with Crippen LogP contribution in [-0.4, -0.2) is 36.6 Å². The summed E-state index contributed by atoms with van der Waals surface area (Å²) in [7, 11) is 0. The quantitative estimate of drug-likeness (QED) is 0.775. The van der Waals surface area contributed by atoms with E-state index < -0.39 is 0 Å². The molecule has 1 aromatic carbocycles. The summed E-state index contributed by atoms with van der Waals surface area (Å²) in [5.74, 6) is -0.311. The largest absolute Gasteiger partial charge is 0.376 e. The van der Waals surface area contributed by atoms with Gasteiger partial charge in [0.2, 0.25) is 5.91 Å². The molecule has 20 heavy (non-hydrogen) atoms. The first-order chi connectivity index (χ1) is 9.69. The molecule has 0 aromatic heterocycles. The molecule has 1 unspecified atom stereocenters. The molecule has 0 saturated carbocycles. The smallest absolute Gasteiger partial charge is 0.246 e. The fourth-order valence-corrected chi connectivity index (χ4v) is 2.26. The van der Waals surface area contributed by atoms with Crippen molar-refractivity contribution < 1.29 is 13.9 Å². The number of hydrogen-bond donors (Lipinski definition) is 0. The highest BCUT2D eigenvalue weighted by Crippen LogP contribution is 2.13.